The minimum absolute atomic E-state index is 0.786. The van der Waals surface area contributed by atoms with E-state index in [1.54, 1.807) is 0 Å². The Hall–Kier alpha value is 0.567. The molecule has 0 aliphatic heterocycles. The lowest BCUT2D eigenvalue weighted by Crippen LogP contribution is -2.42. The van der Waals surface area contributed by atoms with Gasteiger partial charge in [-0.05, 0) is 21.9 Å². The molecule has 0 heterocycles. The maximum Gasteiger partial charge on any atom is 0.125 e. The molecule has 0 atom stereocenters. The molecule has 14 heavy (non-hydrogen) atoms. The summed E-state index contributed by atoms with van der Waals surface area (Å²) in [6, 6.07) is 0. The summed E-state index contributed by atoms with van der Waals surface area (Å²) in [6.45, 7) is 19.3. The maximum absolute atomic E-state index is 2.43. The van der Waals surface area contributed by atoms with Crippen LogP contribution in [-0.4, -0.2) is 12.5 Å². The van der Waals surface area contributed by atoms with Crippen LogP contribution in [0.1, 0.15) is 55.4 Å². The zero-order chi connectivity index (χ0) is 11.5. The molecule has 0 aromatic heterocycles. The van der Waals surface area contributed by atoms with Crippen molar-refractivity contribution in [3.8, 4) is 0 Å². The molecule has 0 radical (unpaired) electrons. The third kappa shape index (κ3) is 3.03. The average Bonchev–Trinajstić information content (AvgIpc) is 1.97. The van der Waals surface area contributed by atoms with Crippen molar-refractivity contribution in [3.63, 3.8) is 0 Å². The van der Waals surface area contributed by atoms with Crippen LogP contribution in [0.5, 0.6) is 0 Å². The molecular weight excluding hydrogens is 204 g/mol. The molecule has 0 aromatic carbocycles. The molecule has 0 saturated carbocycles. The molecule has 0 aromatic rings. The van der Waals surface area contributed by atoms with Crippen molar-refractivity contribution in [1.82, 2.24) is 0 Å². The van der Waals surface area contributed by atoms with Gasteiger partial charge in [0.1, 0.15) is 7.22 Å². The van der Waals surface area contributed by atoms with E-state index in [9.17, 15) is 0 Å². The second-order valence-corrected chi connectivity index (χ2v) is 14.7. The van der Waals surface area contributed by atoms with Gasteiger partial charge in [-0.1, -0.05) is 55.4 Å². The fourth-order valence-corrected chi connectivity index (χ4v) is 13.3. The summed E-state index contributed by atoms with van der Waals surface area (Å²) in [6.07, 6.45) is 0. The van der Waals surface area contributed by atoms with Gasteiger partial charge in [0.05, 0.1) is 0 Å². The third-order valence-electron chi connectivity index (χ3n) is 3.15. The van der Waals surface area contributed by atoms with E-state index >= 15 is 0 Å². The van der Waals surface area contributed by atoms with Crippen LogP contribution in [0.15, 0.2) is 0 Å². The lowest BCUT2D eigenvalue weighted by atomic mass is 10.5. The van der Waals surface area contributed by atoms with Crippen LogP contribution in [0.2, 0.25) is 16.6 Å². The van der Waals surface area contributed by atoms with Crippen LogP contribution < -0.4 is 0 Å². The highest BCUT2D eigenvalue weighted by Crippen LogP contribution is 2.50. The molecule has 0 N–H and O–H groups in total. The smallest absolute Gasteiger partial charge is 0.125 e. The van der Waals surface area contributed by atoms with Crippen molar-refractivity contribution in [1.29, 1.82) is 0 Å². The molecule has 0 amide bonds. The minimum Gasteiger partial charge on any atom is -0.181 e. The van der Waals surface area contributed by atoms with Gasteiger partial charge in [-0.3, -0.25) is 0 Å². The first-order valence-corrected chi connectivity index (χ1v) is 9.76. The second-order valence-electron chi connectivity index (χ2n) is 5.48. The molecule has 0 aliphatic rings. The third-order valence-corrected chi connectivity index (χ3v) is 16.3. The largest absolute Gasteiger partial charge is 0.181 e. The zero-order valence-electron chi connectivity index (χ0n) is 11.2. The average molecular weight is 233 g/mol. The first-order valence-electron chi connectivity index (χ1n) is 5.92. The normalized spacial score (nSPS) is 13.7. The van der Waals surface area contributed by atoms with Crippen molar-refractivity contribution in [3.05, 3.63) is 0 Å². The van der Waals surface area contributed by atoms with Crippen molar-refractivity contribution in [2.75, 3.05) is 0 Å². The lowest BCUT2D eigenvalue weighted by molar-refractivity contribution is 0.849. The van der Waals surface area contributed by atoms with E-state index in [2.05, 4.69) is 66.6 Å². The molecule has 2 heteroatoms. The van der Waals surface area contributed by atoms with E-state index in [-0.39, 0.29) is 0 Å². The predicted molar refractivity (Wildman–Crippen MR) is 73.8 cm³/mol. The Balaban J connectivity index is 4.95. The standard InChI is InChI=1S/C12H28SSi/c1-9(2)13-14(10(3)4,11(5)6)12(7)8/h9-12H,1-8H3. The Kier molecular flexibility index (Phi) is 5.82. The fourth-order valence-electron chi connectivity index (χ4n) is 2.82. The van der Waals surface area contributed by atoms with Gasteiger partial charge in [0.2, 0.25) is 0 Å². The van der Waals surface area contributed by atoms with Crippen LogP contribution in [0.3, 0.4) is 0 Å². The van der Waals surface area contributed by atoms with Crippen molar-refractivity contribution >= 4 is 18.4 Å². The highest BCUT2D eigenvalue weighted by Gasteiger charge is 2.43. The van der Waals surface area contributed by atoms with Gasteiger partial charge in [0, 0.05) is 0 Å². The molecule has 86 valence electrons. The first-order chi connectivity index (χ1) is 6.25. The number of hydrogen-bond donors (Lipinski definition) is 0. The SMILES string of the molecule is CC(C)S[Si](C(C)C)(C(C)C)C(C)C. The number of rotatable bonds is 5. The minimum atomic E-state index is -1.17. The summed E-state index contributed by atoms with van der Waals surface area (Å²) in [5.74, 6) is 0. The molecule has 0 rings (SSSR count). The van der Waals surface area contributed by atoms with E-state index < -0.39 is 7.22 Å². The van der Waals surface area contributed by atoms with Gasteiger partial charge in [-0.2, -0.15) is 11.2 Å². The van der Waals surface area contributed by atoms with Crippen LogP contribution in [0, 0.1) is 0 Å². The van der Waals surface area contributed by atoms with Crippen LogP contribution >= 0.6 is 11.2 Å². The summed E-state index contributed by atoms with van der Waals surface area (Å²) >= 11 is 2.31. The molecule has 0 nitrogen and oxygen atoms in total. The molecule has 0 saturated heterocycles. The molecule has 0 spiro atoms. The van der Waals surface area contributed by atoms with Crippen LogP contribution in [-0.2, 0) is 0 Å². The van der Waals surface area contributed by atoms with E-state index in [0.29, 0.717) is 0 Å². The summed E-state index contributed by atoms with van der Waals surface area (Å²) in [4.78, 5) is 0. The Morgan fingerprint density at radius 2 is 0.929 bits per heavy atom. The van der Waals surface area contributed by atoms with Gasteiger partial charge in [-0.15, -0.1) is 0 Å². The second kappa shape index (κ2) is 5.60. The van der Waals surface area contributed by atoms with Gasteiger partial charge in [0.25, 0.3) is 0 Å². The Morgan fingerprint density at radius 1 is 0.643 bits per heavy atom. The van der Waals surface area contributed by atoms with Gasteiger partial charge in [0.15, 0.2) is 0 Å². The summed E-state index contributed by atoms with van der Waals surface area (Å²) < 4.78 is 0. The molecule has 0 bridgehead atoms. The Morgan fingerprint density at radius 3 is 1.00 bits per heavy atom. The Labute approximate surface area is 95.9 Å². The maximum atomic E-state index is 2.43. The molecule has 0 aliphatic carbocycles. The summed E-state index contributed by atoms with van der Waals surface area (Å²) in [5, 5.41) is 0.786. The van der Waals surface area contributed by atoms with Crippen molar-refractivity contribution in [2.24, 2.45) is 0 Å². The van der Waals surface area contributed by atoms with Crippen molar-refractivity contribution in [2.45, 2.75) is 77.3 Å². The monoisotopic (exact) mass is 232 g/mol. The summed E-state index contributed by atoms with van der Waals surface area (Å²) in [7, 11) is -1.17. The highest BCUT2D eigenvalue weighted by atomic mass is 32.4. The fraction of sp³-hybridized carbons (Fsp3) is 1.00. The van der Waals surface area contributed by atoms with Crippen LogP contribution in [0.4, 0.5) is 0 Å². The van der Waals surface area contributed by atoms with Gasteiger partial charge < -0.3 is 0 Å². The van der Waals surface area contributed by atoms with E-state index in [1.165, 1.54) is 0 Å². The first kappa shape index (κ1) is 14.6. The molecule has 0 fully saturated rings. The Bertz CT molecular complexity index is 140. The highest BCUT2D eigenvalue weighted by molar-refractivity contribution is 8.29. The summed E-state index contributed by atoms with van der Waals surface area (Å²) in [5.41, 5.74) is 2.65. The predicted octanol–water partition coefficient (Wildman–Crippen LogP) is 5.30. The van der Waals surface area contributed by atoms with E-state index in [0.717, 1.165) is 21.9 Å². The molecule has 0 unspecified atom stereocenters. The van der Waals surface area contributed by atoms with Gasteiger partial charge >= 0.3 is 0 Å². The van der Waals surface area contributed by atoms with Gasteiger partial charge in [-0.25, -0.2) is 0 Å². The topological polar surface area (TPSA) is 0 Å². The number of hydrogen-bond acceptors (Lipinski definition) is 1. The quantitative estimate of drug-likeness (QED) is 0.579. The lowest BCUT2D eigenvalue weighted by Gasteiger charge is -2.43. The van der Waals surface area contributed by atoms with Crippen molar-refractivity contribution < 1.29 is 0 Å². The van der Waals surface area contributed by atoms with E-state index in [1.807, 2.05) is 0 Å². The zero-order valence-corrected chi connectivity index (χ0v) is 13.0. The molecular formula is C12H28SSi. The van der Waals surface area contributed by atoms with Crippen LogP contribution in [0.25, 0.3) is 0 Å². The van der Waals surface area contributed by atoms with E-state index in [4.69, 9.17) is 0 Å².